The highest BCUT2D eigenvalue weighted by Gasteiger charge is 2.10. The van der Waals surface area contributed by atoms with E-state index in [4.69, 9.17) is 14.6 Å². The Kier molecular flexibility index (Phi) is 7.68. The molecule has 2 aromatic carbocycles. The molecule has 2 aromatic rings. The molecule has 0 aliphatic carbocycles. The largest absolute Gasteiger partial charge is 0.493 e. The van der Waals surface area contributed by atoms with Crippen LogP contribution in [-0.4, -0.2) is 37.9 Å². The molecule has 7 heteroatoms. The van der Waals surface area contributed by atoms with Crippen molar-refractivity contribution in [2.45, 2.75) is 19.9 Å². The minimum absolute atomic E-state index is 0.220. The predicted molar refractivity (Wildman–Crippen MR) is 106 cm³/mol. The average Bonchev–Trinajstić information content (AvgIpc) is 2.70. The van der Waals surface area contributed by atoms with E-state index in [0.29, 0.717) is 24.6 Å². The number of ether oxygens (including phenoxy) is 2. The van der Waals surface area contributed by atoms with E-state index < -0.39 is 5.97 Å². The van der Waals surface area contributed by atoms with E-state index in [9.17, 15) is 9.59 Å². The van der Waals surface area contributed by atoms with Crippen LogP contribution in [0.4, 0.5) is 4.79 Å². The first-order valence-corrected chi connectivity index (χ1v) is 8.97. The van der Waals surface area contributed by atoms with Gasteiger partial charge >= 0.3 is 12.0 Å². The van der Waals surface area contributed by atoms with Crippen LogP contribution in [0.1, 0.15) is 28.4 Å². The third-order valence-electron chi connectivity index (χ3n) is 4.30. The van der Waals surface area contributed by atoms with Gasteiger partial charge in [0.15, 0.2) is 11.5 Å². The first-order chi connectivity index (χ1) is 13.4. The molecule has 0 aliphatic heterocycles. The molecule has 150 valence electrons. The van der Waals surface area contributed by atoms with Gasteiger partial charge in [0.1, 0.15) is 0 Å². The third kappa shape index (κ3) is 6.19. The van der Waals surface area contributed by atoms with Crippen LogP contribution < -0.4 is 20.1 Å². The van der Waals surface area contributed by atoms with Crippen molar-refractivity contribution < 1.29 is 24.2 Å². The lowest BCUT2D eigenvalue weighted by atomic mass is 10.0. The number of rotatable bonds is 9. The molecule has 0 aliphatic rings. The number of nitrogens with one attached hydrogen (secondary N) is 2. The predicted octanol–water partition coefficient (Wildman–Crippen LogP) is 3.08. The quantitative estimate of drug-likeness (QED) is 0.615. The van der Waals surface area contributed by atoms with E-state index in [2.05, 4.69) is 17.6 Å². The van der Waals surface area contributed by atoms with E-state index in [1.54, 1.807) is 26.4 Å². The van der Waals surface area contributed by atoms with Gasteiger partial charge in [0.2, 0.25) is 0 Å². The molecule has 0 saturated carbocycles. The summed E-state index contributed by atoms with van der Waals surface area (Å²) in [5.74, 6) is 0.638. The van der Waals surface area contributed by atoms with Gasteiger partial charge in [0, 0.05) is 13.1 Å². The number of benzene rings is 2. The molecular weight excluding hydrogens is 360 g/mol. The number of amides is 2. The summed E-state index contributed by atoms with van der Waals surface area (Å²) in [6.07, 6.45) is 0.789. The molecule has 1 unspecified atom stereocenters. The van der Waals surface area contributed by atoms with Crippen LogP contribution in [0, 0.1) is 5.92 Å². The minimum Gasteiger partial charge on any atom is -0.493 e. The lowest BCUT2D eigenvalue weighted by Crippen LogP contribution is -2.37. The summed E-state index contributed by atoms with van der Waals surface area (Å²) >= 11 is 0. The molecule has 0 saturated heterocycles. The van der Waals surface area contributed by atoms with Crippen molar-refractivity contribution >= 4 is 12.0 Å². The maximum absolute atomic E-state index is 12.0. The number of methoxy groups -OCH3 is 2. The van der Waals surface area contributed by atoms with Crippen LogP contribution in [0.3, 0.4) is 0 Å². The van der Waals surface area contributed by atoms with Crippen molar-refractivity contribution in [3.63, 3.8) is 0 Å². The van der Waals surface area contributed by atoms with Crippen LogP contribution in [0.25, 0.3) is 0 Å². The SMILES string of the molecule is COc1ccc(CC(C)CNC(=O)NCc2ccc(C(=O)O)cc2)cc1OC. The van der Waals surface area contributed by atoms with Crippen molar-refractivity contribution in [2.24, 2.45) is 5.92 Å². The smallest absolute Gasteiger partial charge is 0.335 e. The lowest BCUT2D eigenvalue weighted by Gasteiger charge is -2.15. The number of carbonyl (C=O) groups excluding carboxylic acids is 1. The molecule has 2 rings (SSSR count). The van der Waals surface area contributed by atoms with E-state index in [0.717, 1.165) is 17.5 Å². The zero-order chi connectivity index (χ0) is 20.5. The summed E-state index contributed by atoms with van der Waals surface area (Å²) in [7, 11) is 3.20. The Balaban J connectivity index is 1.76. The highest BCUT2D eigenvalue weighted by molar-refractivity contribution is 5.87. The highest BCUT2D eigenvalue weighted by atomic mass is 16.5. The summed E-state index contributed by atoms with van der Waals surface area (Å²) in [6.45, 7) is 2.91. The Morgan fingerprint density at radius 2 is 1.61 bits per heavy atom. The second-order valence-electron chi connectivity index (χ2n) is 6.56. The van der Waals surface area contributed by atoms with Gasteiger partial charge in [-0.25, -0.2) is 9.59 Å². The fourth-order valence-electron chi connectivity index (χ4n) is 2.76. The van der Waals surface area contributed by atoms with Crippen LogP contribution in [0.5, 0.6) is 11.5 Å². The monoisotopic (exact) mass is 386 g/mol. The molecule has 0 bridgehead atoms. The second kappa shape index (κ2) is 10.2. The van der Waals surface area contributed by atoms with Crippen molar-refractivity contribution in [2.75, 3.05) is 20.8 Å². The Hall–Kier alpha value is -3.22. The Morgan fingerprint density at radius 1 is 0.964 bits per heavy atom. The summed E-state index contributed by atoms with van der Waals surface area (Å²) in [5, 5.41) is 14.5. The van der Waals surface area contributed by atoms with E-state index in [1.807, 2.05) is 18.2 Å². The number of aromatic carboxylic acids is 1. The summed E-state index contributed by atoms with van der Waals surface area (Å²) in [4.78, 5) is 22.8. The lowest BCUT2D eigenvalue weighted by molar-refractivity contribution is 0.0697. The Morgan fingerprint density at radius 3 is 2.21 bits per heavy atom. The number of hydrogen-bond donors (Lipinski definition) is 3. The fourth-order valence-corrected chi connectivity index (χ4v) is 2.76. The maximum atomic E-state index is 12.0. The second-order valence-corrected chi connectivity index (χ2v) is 6.56. The summed E-state index contributed by atoms with van der Waals surface area (Å²) < 4.78 is 10.6. The van der Waals surface area contributed by atoms with Crippen molar-refractivity contribution in [3.8, 4) is 11.5 Å². The molecule has 1 atom stereocenters. The zero-order valence-electron chi connectivity index (χ0n) is 16.3. The topological polar surface area (TPSA) is 96.9 Å². The maximum Gasteiger partial charge on any atom is 0.335 e. The number of hydrogen-bond acceptors (Lipinski definition) is 4. The molecule has 0 radical (unpaired) electrons. The van der Waals surface area contributed by atoms with Crippen molar-refractivity contribution in [3.05, 3.63) is 59.2 Å². The molecule has 0 spiro atoms. The number of carboxylic acid groups (broad SMARTS) is 1. The fraction of sp³-hybridized carbons (Fsp3) is 0.333. The van der Waals surface area contributed by atoms with Gasteiger partial charge in [-0.2, -0.15) is 0 Å². The Bertz CT molecular complexity index is 805. The van der Waals surface area contributed by atoms with Gasteiger partial charge in [-0.05, 0) is 47.7 Å². The van der Waals surface area contributed by atoms with Gasteiger partial charge in [-0.15, -0.1) is 0 Å². The van der Waals surface area contributed by atoms with Gasteiger partial charge < -0.3 is 25.2 Å². The number of carbonyl (C=O) groups is 2. The van der Waals surface area contributed by atoms with Gasteiger partial charge in [-0.3, -0.25) is 0 Å². The van der Waals surface area contributed by atoms with E-state index >= 15 is 0 Å². The minimum atomic E-state index is -0.972. The molecule has 0 fully saturated rings. The van der Waals surface area contributed by atoms with Gasteiger partial charge in [0.25, 0.3) is 0 Å². The summed E-state index contributed by atoms with van der Waals surface area (Å²) in [5.41, 5.74) is 2.15. The molecular formula is C21H26N2O5. The molecule has 2 amide bonds. The van der Waals surface area contributed by atoms with Crippen molar-refractivity contribution in [1.82, 2.24) is 10.6 Å². The van der Waals surface area contributed by atoms with Crippen LogP contribution in [0.15, 0.2) is 42.5 Å². The van der Waals surface area contributed by atoms with E-state index in [1.165, 1.54) is 12.1 Å². The van der Waals surface area contributed by atoms with Crippen molar-refractivity contribution in [1.29, 1.82) is 0 Å². The number of carboxylic acids is 1. The Labute approximate surface area is 164 Å². The van der Waals surface area contributed by atoms with Gasteiger partial charge in [0.05, 0.1) is 19.8 Å². The van der Waals surface area contributed by atoms with Crippen LogP contribution >= 0.6 is 0 Å². The molecule has 7 nitrogen and oxygen atoms in total. The van der Waals surface area contributed by atoms with Gasteiger partial charge in [-0.1, -0.05) is 25.1 Å². The first-order valence-electron chi connectivity index (χ1n) is 8.97. The van der Waals surface area contributed by atoms with Crippen LogP contribution in [-0.2, 0) is 13.0 Å². The standard InChI is InChI=1S/C21H26N2O5/c1-14(10-16-6-9-18(27-2)19(11-16)28-3)12-22-21(26)23-13-15-4-7-17(8-5-15)20(24)25/h4-9,11,14H,10,12-13H2,1-3H3,(H,24,25)(H2,22,23,26). The average molecular weight is 386 g/mol. The zero-order valence-corrected chi connectivity index (χ0v) is 16.3. The molecule has 0 aromatic heterocycles. The molecule has 0 heterocycles. The molecule has 3 N–H and O–H groups in total. The normalized spacial score (nSPS) is 11.4. The summed E-state index contributed by atoms with van der Waals surface area (Å²) in [6, 6.07) is 11.9. The third-order valence-corrected chi connectivity index (χ3v) is 4.30. The first kappa shape index (κ1) is 21.1. The van der Waals surface area contributed by atoms with E-state index in [-0.39, 0.29) is 17.5 Å². The number of urea groups is 1. The molecule has 28 heavy (non-hydrogen) atoms. The highest BCUT2D eigenvalue weighted by Crippen LogP contribution is 2.28. The van der Waals surface area contributed by atoms with Crippen LogP contribution in [0.2, 0.25) is 0 Å².